The minimum atomic E-state index is 0.585. The number of para-hydroxylation sites is 1. The lowest BCUT2D eigenvalue weighted by atomic mass is 10.1. The van der Waals surface area contributed by atoms with Crippen LogP contribution in [0.15, 0.2) is 54.9 Å². The summed E-state index contributed by atoms with van der Waals surface area (Å²) in [5, 5.41) is 0.965. The summed E-state index contributed by atoms with van der Waals surface area (Å²) in [6.07, 6.45) is 4.25. The molecule has 2 heterocycles. The van der Waals surface area contributed by atoms with Crippen molar-refractivity contribution in [2.45, 2.75) is 0 Å². The van der Waals surface area contributed by atoms with Gasteiger partial charge in [0.1, 0.15) is 0 Å². The van der Waals surface area contributed by atoms with Gasteiger partial charge in [0.2, 0.25) is 0 Å². The van der Waals surface area contributed by atoms with E-state index in [1.807, 2.05) is 42.5 Å². The molecule has 3 nitrogen and oxygen atoms in total. The number of nitrogens with zero attached hydrogens (tertiary/aromatic N) is 2. The van der Waals surface area contributed by atoms with Crippen LogP contribution in [0, 0.1) is 0 Å². The monoisotopic (exact) mass is 234 g/mol. The first kappa shape index (κ1) is 10.6. The molecular formula is C15H10N2O. The second-order valence-electron chi connectivity index (χ2n) is 3.98. The molecule has 0 atom stereocenters. The van der Waals surface area contributed by atoms with E-state index in [4.69, 9.17) is 0 Å². The van der Waals surface area contributed by atoms with E-state index in [1.54, 1.807) is 12.4 Å². The van der Waals surface area contributed by atoms with Crippen LogP contribution in [0.2, 0.25) is 0 Å². The van der Waals surface area contributed by atoms with Crippen LogP contribution in [0.4, 0.5) is 0 Å². The molecule has 0 aliphatic carbocycles. The molecule has 0 saturated carbocycles. The minimum absolute atomic E-state index is 0.585. The molecule has 0 unspecified atom stereocenters. The molecule has 0 fully saturated rings. The molecule has 3 rings (SSSR count). The van der Waals surface area contributed by atoms with Gasteiger partial charge in [-0.2, -0.15) is 0 Å². The molecule has 0 bridgehead atoms. The number of pyridine rings is 2. The highest BCUT2D eigenvalue weighted by Gasteiger charge is 2.08. The molecule has 18 heavy (non-hydrogen) atoms. The number of fused-ring (bicyclic) bond motifs is 1. The summed E-state index contributed by atoms with van der Waals surface area (Å²) >= 11 is 0. The highest BCUT2D eigenvalue weighted by atomic mass is 16.1. The van der Waals surface area contributed by atoms with Crippen LogP contribution >= 0.6 is 0 Å². The van der Waals surface area contributed by atoms with E-state index in [0.29, 0.717) is 11.3 Å². The average molecular weight is 234 g/mol. The number of rotatable bonds is 2. The van der Waals surface area contributed by atoms with Crippen molar-refractivity contribution < 1.29 is 4.79 Å². The maximum absolute atomic E-state index is 11.2. The van der Waals surface area contributed by atoms with E-state index in [0.717, 1.165) is 22.8 Å². The van der Waals surface area contributed by atoms with E-state index in [-0.39, 0.29) is 0 Å². The van der Waals surface area contributed by atoms with E-state index in [2.05, 4.69) is 9.97 Å². The molecule has 1 aromatic carbocycles. The van der Waals surface area contributed by atoms with Gasteiger partial charge in [-0.15, -0.1) is 0 Å². The highest BCUT2D eigenvalue weighted by molar-refractivity contribution is 5.93. The zero-order chi connectivity index (χ0) is 12.4. The molecular weight excluding hydrogens is 224 g/mol. The number of hydrogen-bond donors (Lipinski definition) is 0. The van der Waals surface area contributed by atoms with Gasteiger partial charge in [0, 0.05) is 28.9 Å². The Balaban J connectivity index is 2.31. The van der Waals surface area contributed by atoms with Gasteiger partial charge in [0.25, 0.3) is 0 Å². The van der Waals surface area contributed by atoms with Gasteiger partial charge in [-0.05, 0) is 24.3 Å². The first-order valence-electron chi connectivity index (χ1n) is 5.64. The lowest BCUT2D eigenvalue weighted by Crippen LogP contribution is -1.93. The summed E-state index contributed by atoms with van der Waals surface area (Å²) in [5.41, 5.74) is 2.99. The topological polar surface area (TPSA) is 42.9 Å². The first-order valence-corrected chi connectivity index (χ1v) is 5.64. The summed E-state index contributed by atoms with van der Waals surface area (Å²) in [4.78, 5) is 19.8. The number of hydrogen-bond acceptors (Lipinski definition) is 3. The van der Waals surface area contributed by atoms with Crippen molar-refractivity contribution in [1.82, 2.24) is 9.97 Å². The van der Waals surface area contributed by atoms with Crippen molar-refractivity contribution >= 4 is 17.2 Å². The van der Waals surface area contributed by atoms with Crippen LogP contribution < -0.4 is 0 Å². The summed E-state index contributed by atoms with van der Waals surface area (Å²) in [6, 6.07) is 13.3. The molecule has 0 spiro atoms. The highest BCUT2D eigenvalue weighted by Crippen LogP contribution is 2.23. The molecule has 0 amide bonds. The quantitative estimate of drug-likeness (QED) is 0.640. The Labute approximate surface area is 104 Å². The summed E-state index contributed by atoms with van der Waals surface area (Å²) in [5.74, 6) is 0. The molecule has 2 aromatic heterocycles. The summed E-state index contributed by atoms with van der Waals surface area (Å²) in [7, 11) is 0. The minimum Gasteiger partial charge on any atom is -0.298 e. The van der Waals surface area contributed by atoms with Crippen molar-refractivity contribution in [2.75, 3.05) is 0 Å². The zero-order valence-corrected chi connectivity index (χ0v) is 9.58. The van der Waals surface area contributed by atoms with Crippen molar-refractivity contribution in [3.05, 3.63) is 60.4 Å². The fraction of sp³-hybridized carbons (Fsp3) is 0. The predicted octanol–water partition coefficient (Wildman–Crippen LogP) is 3.11. The lowest BCUT2D eigenvalue weighted by Gasteiger charge is -2.06. The number of aldehydes is 1. The molecule has 0 aliphatic rings. The SMILES string of the molecule is O=Cc1cc2ccccc2nc1-c1cccnc1. The standard InChI is InChI=1S/C15H10N2O/c18-10-13-8-11-4-1-2-6-14(11)17-15(13)12-5-3-7-16-9-12/h1-10H. The Bertz CT molecular complexity index is 708. The molecule has 0 N–H and O–H groups in total. The Morgan fingerprint density at radius 3 is 2.72 bits per heavy atom. The van der Waals surface area contributed by atoms with Crippen LogP contribution in [0.5, 0.6) is 0 Å². The molecule has 0 saturated heterocycles. The maximum atomic E-state index is 11.2. The van der Waals surface area contributed by atoms with Gasteiger partial charge >= 0.3 is 0 Å². The van der Waals surface area contributed by atoms with Crippen LogP contribution in [0.25, 0.3) is 22.2 Å². The average Bonchev–Trinajstić information content (AvgIpc) is 2.46. The normalized spacial score (nSPS) is 10.4. The zero-order valence-electron chi connectivity index (χ0n) is 9.58. The number of carbonyl (C=O) groups excluding carboxylic acids is 1. The van der Waals surface area contributed by atoms with E-state index in [9.17, 15) is 4.79 Å². The second kappa shape index (κ2) is 4.37. The van der Waals surface area contributed by atoms with Crippen molar-refractivity contribution in [3.63, 3.8) is 0 Å². The number of carbonyl (C=O) groups is 1. The van der Waals surface area contributed by atoms with Gasteiger partial charge in [-0.1, -0.05) is 18.2 Å². The van der Waals surface area contributed by atoms with Crippen LogP contribution in [-0.4, -0.2) is 16.3 Å². The predicted molar refractivity (Wildman–Crippen MR) is 70.4 cm³/mol. The van der Waals surface area contributed by atoms with Gasteiger partial charge in [-0.3, -0.25) is 9.78 Å². The van der Waals surface area contributed by atoms with Gasteiger partial charge in [0.15, 0.2) is 6.29 Å². The molecule has 3 aromatic rings. The van der Waals surface area contributed by atoms with Crippen molar-refractivity contribution in [1.29, 1.82) is 0 Å². The Kier molecular flexibility index (Phi) is 2.57. The summed E-state index contributed by atoms with van der Waals surface area (Å²) < 4.78 is 0. The molecule has 0 radical (unpaired) electrons. The van der Waals surface area contributed by atoms with Crippen LogP contribution in [0.3, 0.4) is 0 Å². The molecule has 0 aliphatic heterocycles. The van der Waals surface area contributed by atoms with Gasteiger partial charge in [-0.25, -0.2) is 4.98 Å². The Morgan fingerprint density at radius 2 is 1.94 bits per heavy atom. The van der Waals surface area contributed by atoms with Gasteiger partial charge < -0.3 is 0 Å². The first-order chi connectivity index (χ1) is 8.88. The van der Waals surface area contributed by atoms with E-state index in [1.165, 1.54) is 0 Å². The lowest BCUT2D eigenvalue weighted by molar-refractivity contribution is 0.112. The fourth-order valence-corrected chi connectivity index (χ4v) is 1.96. The largest absolute Gasteiger partial charge is 0.298 e. The second-order valence-corrected chi connectivity index (χ2v) is 3.98. The Hall–Kier alpha value is -2.55. The Morgan fingerprint density at radius 1 is 1.06 bits per heavy atom. The number of aromatic nitrogens is 2. The third-order valence-electron chi connectivity index (χ3n) is 2.82. The van der Waals surface area contributed by atoms with E-state index < -0.39 is 0 Å². The third kappa shape index (κ3) is 1.76. The maximum Gasteiger partial charge on any atom is 0.152 e. The van der Waals surface area contributed by atoms with Gasteiger partial charge in [0.05, 0.1) is 11.2 Å². The van der Waals surface area contributed by atoms with Crippen LogP contribution in [-0.2, 0) is 0 Å². The molecule has 3 heteroatoms. The van der Waals surface area contributed by atoms with Crippen molar-refractivity contribution in [2.24, 2.45) is 0 Å². The molecule has 86 valence electrons. The van der Waals surface area contributed by atoms with Crippen LogP contribution in [0.1, 0.15) is 10.4 Å². The fourth-order valence-electron chi connectivity index (χ4n) is 1.96. The number of benzene rings is 1. The smallest absolute Gasteiger partial charge is 0.152 e. The third-order valence-corrected chi connectivity index (χ3v) is 2.82. The van der Waals surface area contributed by atoms with Crippen molar-refractivity contribution in [3.8, 4) is 11.3 Å². The summed E-state index contributed by atoms with van der Waals surface area (Å²) in [6.45, 7) is 0. The van der Waals surface area contributed by atoms with E-state index >= 15 is 0 Å².